The largest absolute Gasteiger partial charge is 0.464 e. The molecule has 0 aromatic heterocycles. The molecule has 1 aromatic carbocycles. The molecule has 4 nitrogen and oxygen atoms in total. The van der Waals surface area contributed by atoms with Gasteiger partial charge in [0.05, 0.1) is 13.0 Å². The molecule has 1 heterocycles. The molecule has 1 saturated heterocycles. The van der Waals surface area contributed by atoms with Gasteiger partial charge in [-0.15, -0.1) is 0 Å². The number of benzene rings is 1. The Morgan fingerprint density at radius 3 is 2.65 bits per heavy atom. The van der Waals surface area contributed by atoms with E-state index in [4.69, 9.17) is 4.74 Å². The van der Waals surface area contributed by atoms with Crippen LogP contribution in [0.1, 0.15) is 51.5 Å². The number of hydrogen-bond acceptors (Lipinski definition) is 3. The van der Waals surface area contributed by atoms with Crippen molar-refractivity contribution in [3.05, 3.63) is 35.9 Å². The van der Waals surface area contributed by atoms with Crippen LogP contribution in [0.25, 0.3) is 0 Å². The average molecular weight is 317 g/mol. The van der Waals surface area contributed by atoms with E-state index in [0.29, 0.717) is 19.4 Å². The highest BCUT2D eigenvalue weighted by Crippen LogP contribution is 2.27. The molecule has 126 valence electrons. The van der Waals surface area contributed by atoms with E-state index in [2.05, 4.69) is 0 Å². The lowest BCUT2D eigenvalue weighted by Gasteiger charge is -2.25. The zero-order valence-electron chi connectivity index (χ0n) is 14.2. The van der Waals surface area contributed by atoms with E-state index in [1.54, 1.807) is 0 Å². The van der Waals surface area contributed by atoms with Crippen molar-refractivity contribution in [2.24, 2.45) is 0 Å². The number of esters is 1. The van der Waals surface area contributed by atoms with Gasteiger partial charge in [0.2, 0.25) is 5.91 Å². The zero-order valence-corrected chi connectivity index (χ0v) is 14.2. The van der Waals surface area contributed by atoms with Crippen molar-refractivity contribution < 1.29 is 14.3 Å². The summed E-state index contributed by atoms with van der Waals surface area (Å²) in [5.74, 6) is -0.0238. The van der Waals surface area contributed by atoms with Gasteiger partial charge < -0.3 is 9.64 Å². The number of nitrogens with zero attached hydrogens (tertiary/aromatic N) is 1. The van der Waals surface area contributed by atoms with E-state index in [-0.39, 0.29) is 23.9 Å². The van der Waals surface area contributed by atoms with Crippen molar-refractivity contribution in [2.45, 2.75) is 51.4 Å². The molecule has 2 rings (SSSR count). The minimum absolute atomic E-state index is 0.183. The molecule has 23 heavy (non-hydrogen) atoms. The number of rotatable bonds is 6. The van der Waals surface area contributed by atoms with Crippen LogP contribution in [0.15, 0.2) is 30.3 Å². The molecule has 1 aliphatic heterocycles. The Labute approximate surface area is 138 Å². The smallest absolute Gasteiger partial charge is 0.306 e. The predicted octanol–water partition coefficient (Wildman–Crippen LogP) is 3.30. The minimum Gasteiger partial charge on any atom is -0.464 e. The van der Waals surface area contributed by atoms with Crippen LogP contribution >= 0.6 is 0 Å². The van der Waals surface area contributed by atoms with Crippen molar-refractivity contribution in [2.75, 3.05) is 19.7 Å². The van der Waals surface area contributed by atoms with E-state index < -0.39 is 0 Å². The summed E-state index contributed by atoms with van der Waals surface area (Å²) in [6.07, 6.45) is 4.08. The second-order valence-corrected chi connectivity index (χ2v) is 6.84. The molecule has 4 heteroatoms. The molecule has 0 saturated carbocycles. The fraction of sp³-hybridized carbons (Fsp3) is 0.579. The molecular weight excluding hydrogens is 290 g/mol. The van der Waals surface area contributed by atoms with Crippen molar-refractivity contribution in [1.29, 1.82) is 0 Å². The summed E-state index contributed by atoms with van der Waals surface area (Å²) in [5, 5.41) is 0. The van der Waals surface area contributed by atoms with Crippen molar-refractivity contribution in [3.8, 4) is 0 Å². The molecule has 1 amide bonds. The first-order valence-electron chi connectivity index (χ1n) is 8.48. The molecule has 0 N–H and O–H groups in total. The summed E-state index contributed by atoms with van der Waals surface area (Å²) in [7, 11) is 0. The third-order valence-corrected chi connectivity index (χ3v) is 4.44. The summed E-state index contributed by atoms with van der Waals surface area (Å²) in [4.78, 5) is 25.8. The van der Waals surface area contributed by atoms with Gasteiger partial charge >= 0.3 is 5.97 Å². The number of ether oxygens (including phenoxy) is 1. The lowest BCUT2D eigenvalue weighted by molar-refractivity contribution is -0.147. The van der Waals surface area contributed by atoms with Crippen LogP contribution in [-0.2, 0) is 19.7 Å². The second-order valence-electron chi connectivity index (χ2n) is 6.84. The molecule has 0 bridgehead atoms. The van der Waals surface area contributed by atoms with Gasteiger partial charge in [0.1, 0.15) is 6.61 Å². The Balaban J connectivity index is 1.77. The number of amides is 1. The van der Waals surface area contributed by atoms with Gasteiger partial charge in [-0.25, -0.2) is 0 Å². The van der Waals surface area contributed by atoms with Gasteiger partial charge in [0, 0.05) is 18.4 Å². The first-order valence-corrected chi connectivity index (χ1v) is 8.48. The fourth-order valence-electron chi connectivity index (χ4n) is 2.95. The summed E-state index contributed by atoms with van der Waals surface area (Å²) in [5.41, 5.74) is 0.871. The Bertz CT molecular complexity index is 525. The molecule has 1 aliphatic rings. The molecule has 0 aliphatic carbocycles. The Morgan fingerprint density at radius 1 is 1.17 bits per heavy atom. The third kappa shape index (κ3) is 5.38. The standard InChI is InChI=1S/C19H27NO3/c1-19(2,16-9-5-3-6-10-16)15-18(22)23-14-13-20-12-8-4-7-11-17(20)21/h3,5-6,9-10H,4,7-8,11-15H2,1-2H3. The van der Waals surface area contributed by atoms with Crippen LogP contribution in [0, 0.1) is 0 Å². The van der Waals surface area contributed by atoms with Crippen molar-refractivity contribution in [1.82, 2.24) is 4.90 Å². The van der Waals surface area contributed by atoms with E-state index >= 15 is 0 Å². The van der Waals surface area contributed by atoms with Gasteiger partial charge in [0.25, 0.3) is 0 Å². The van der Waals surface area contributed by atoms with Gasteiger partial charge in [-0.1, -0.05) is 50.6 Å². The van der Waals surface area contributed by atoms with Gasteiger partial charge in [0.15, 0.2) is 0 Å². The molecule has 1 fully saturated rings. The van der Waals surface area contributed by atoms with Crippen LogP contribution in [0.3, 0.4) is 0 Å². The topological polar surface area (TPSA) is 46.6 Å². The van der Waals surface area contributed by atoms with Crippen LogP contribution in [0.5, 0.6) is 0 Å². The maximum absolute atomic E-state index is 12.1. The van der Waals surface area contributed by atoms with Crippen LogP contribution in [-0.4, -0.2) is 36.5 Å². The van der Waals surface area contributed by atoms with Gasteiger partial charge in [-0.05, 0) is 18.4 Å². The normalized spacial score (nSPS) is 16.1. The lowest BCUT2D eigenvalue weighted by atomic mass is 9.82. The van der Waals surface area contributed by atoms with E-state index in [9.17, 15) is 9.59 Å². The Kier molecular flexibility index (Phi) is 6.20. The zero-order chi connectivity index (χ0) is 16.7. The minimum atomic E-state index is -0.253. The Hall–Kier alpha value is -1.84. The van der Waals surface area contributed by atoms with Crippen molar-refractivity contribution in [3.63, 3.8) is 0 Å². The summed E-state index contributed by atoms with van der Waals surface area (Å²) < 4.78 is 5.36. The number of likely N-dealkylation sites (tertiary alicyclic amines) is 1. The van der Waals surface area contributed by atoms with Crippen LogP contribution in [0.4, 0.5) is 0 Å². The molecule has 0 spiro atoms. The molecule has 0 unspecified atom stereocenters. The molecule has 1 aromatic rings. The van der Waals surface area contributed by atoms with E-state index in [1.807, 2.05) is 49.1 Å². The first kappa shape index (κ1) is 17.5. The van der Waals surface area contributed by atoms with Gasteiger partial charge in [-0.2, -0.15) is 0 Å². The average Bonchev–Trinajstić information content (AvgIpc) is 2.73. The number of carbonyl (C=O) groups is 2. The molecular formula is C19H27NO3. The highest BCUT2D eigenvalue weighted by molar-refractivity contribution is 5.76. The summed E-state index contributed by atoms with van der Waals surface area (Å²) in [6, 6.07) is 9.99. The Morgan fingerprint density at radius 2 is 1.91 bits per heavy atom. The predicted molar refractivity (Wildman–Crippen MR) is 90.1 cm³/mol. The number of hydrogen-bond donors (Lipinski definition) is 0. The first-order chi connectivity index (χ1) is 11.0. The maximum Gasteiger partial charge on any atom is 0.306 e. The SMILES string of the molecule is CC(C)(CC(=O)OCCN1CCCCCC1=O)c1ccccc1. The highest BCUT2D eigenvalue weighted by Gasteiger charge is 2.25. The van der Waals surface area contributed by atoms with E-state index in [1.165, 1.54) is 0 Å². The highest BCUT2D eigenvalue weighted by atomic mass is 16.5. The lowest BCUT2D eigenvalue weighted by Crippen LogP contribution is -2.34. The maximum atomic E-state index is 12.1. The van der Waals surface area contributed by atoms with Crippen LogP contribution < -0.4 is 0 Å². The van der Waals surface area contributed by atoms with Crippen molar-refractivity contribution >= 4 is 11.9 Å². The van der Waals surface area contributed by atoms with E-state index in [0.717, 1.165) is 31.4 Å². The quantitative estimate of drug-likeness (QED) is 0.756. The van der Waals surface area contributed by atoms with Gasteiger partial charge in [-0.3, -0.25) is 9.59 Å². The summed E-state index contributed by atoms with van der Waals surface area (Å²) in [6.45, 7) is 5.67. The fourth-order valence-corrected chi connectivity index (χ4v) is 2.95. The second kappa shape index (κ2) is 8.14. The molecule has 0 atom stereocenters. The molecule has 0 radical (unpaired) electrons. The van der Waals surface area contributed by atoms with Crippen LogP contribution in [0.2, 0.25) is 0 Å². The monoisotopic (exact) mass is 317 g/mol. The summed E-state index contributed by atoms with van der Waals surface area (Å²) >= 11 is 0. The number of carbonyl (C=O) groups excluding carboxylic acids is 2. The third-order valence-electron chi connectivity index (χ3n) is 4.44.